The summed E-state index contributed by atoms with van der Waals surface area (Å²) in [6.07, 6.45) is 2.33. The molecule has 5 unspecified atom stereocenters. The third-order valence-corrected chi connectivity index (χ3v) is 8.66. The van der Waals surface area contributed by atoms with Gasteiger partial charge < -0.3 is 19.5 Å². The molecule has 0 amide bonds. The molecule has 6 aliphatic heterocycles. The number of methoxy groups -OCH3 is 1. The van der Waals surface area contributed by atoms with Gasteiger partial charge in [-0.3, -0.25) is 9.69 Å². The zero-order valence-electron chi connectivity index (χ0n) is 16.5. The molecule has 148 valence electrons. The minimum Gasteiger partial charge on any atom is -0.468 e. The number of ether oxygens (including phenoxy) is 2. The molecular weight excluding hydrogens is 356 g/mol. The van der Waals surface area contributed by atoms with Crippen LogP contribution in [0.4, 0.5) is 5.69 Å². The van der Waals surface area contributed by atoms with Gasteiger partial charge in [0.05, 0.1) is 18.6 Å². The van der Waals surface area contributed by atoms with Crippen molar-refractivity contribution in [2.24, 2.45) is 11.3 Å². The maximum atomic E-state index is 13.7. The molecule has 7 aliphatic rings. The summed E-state index contributed by atoms with van der Waals surface area (Å²) in [5.41, 5.74) is 1.31. The second-order valence-corrected chi connectivity index (χ2v) is 8.87. The molecule has 1 aliphatic carbocycles. The topological polar surface area (TPSA) is 62.2 Å². The van der Waals surface area contributed by atoms with Crippen molar-refractivity contribution >= 4 is 11.7 Å². The zero-order chi connectivity index (χ0) is 19.5. The summed E-state index contributed by atoms with van der Waals surface area (Å²) < 4.78 is 11.7. The third-order valence-electron chi connectivity index (χ3n) is 8.66. The molecule has 6 heterocycles. The number of aliphatic hydroxyl groups is 1. The van der Waals surface area contributed by atoms with Gasteiger partial charge in [-0.25, -0.2) is 0 Å². The Balaban J connectivity index is 1.80. The number of rotatable bonds is 1. The Kier molecular flexibility index (Phi) is 3.03. The summed E-state index contributed by atoms with van der Waals surface area (Å²) in [6.45, 7) is 3.71. The SMILES string of the molecule is C/C=C1/CN2CC[C@@]34c5ccccc5N(C)C23[C@@H]2CC1C4(C(=O)OC)C(O)O2. The Morgan fingerprint density at radius 2 is 2.18 bits per heavy atom. The van der Waals surface area contributed by atoms with Gasteiger partial charge in [0.2, 0.25) is 0 Å². The van der Waals surface area contributed by atoms with Crippen LogP contribution in [0, 0.1) is 11.3 Å². The van der Waals surface area contributed by atoms with Crippen molar-refractivity contribution in [3.8, 4) is 0 Å². The highest BCUT2D eigenvalue weighted by molar-refractivity contribution is 5.87. The summed E-state index contributed by atoms with van der Waals surface area (Å²) in [6, 6.07) is 8.37. The van der Waals surface area contributed by atoms with Gasteiger partial charge in [0.25, 0.3) is 0 Å². The Bertz CT molecular complexity index is 931. The van der Waals surface area contributed by atoms with Crippen molar-refractivity contribution in [2.75, 3.05) is 32.1 Å². The number of benzene rings is 1. The lowest BCUT2D eigenvalue weighted by Crippen LogP contribution is -2.83. The predicted molar refractivity (Wildman–Crippen MR) is 103 cm³/mol. The van der Waals surface area contributed by atoms with E-state index in [0.29, 0.717) is 0 Å². The van der Waals surface area contributed by atoms with E-state index in [1.165, 1.54) is 12.7 Å². The fourth-order valence-electron chi connectivity index (χ4n) is 8.01. The van der Waals surface area contributed by atoms with E-state index in [-0.39, 0.29) is 18.0 Å². The third kappa shape index (κ3) is 1.31. The predicted octanol–water partition coefficient (Wildman–Crippen LogP) is 1.63. The molecule has 8 rings (SSSR count). The molecular formula is C22H26N2O4. The van der Waals surface area contributed by atoms with E-state index in [4.69, 9.17) is 9.47 Å². The summed E-state index contributed by atoms with van der Waals surface area (Å²) in [5, 5.41) is 11.4. The molecule has 1 spiro atoms. The number of hydrogen-bond acceptors (Lipinski definition) is 6. The first-order chi connectivity index (χ1) is 13.5. The van der Waals surface area contributed by atoms with Crippen molar-refractivity contribution in [2.45, 2.75) is 43.2 Å². The lowest BCUT2D eigenvalue weighted by molar-refractivity contribution is -0.331. The molecule has 5 saturated heterocycles. The van der Waals surface area contributed by atoms with Crippen LogP contribution < -0.4 is 4.90 Å². The molecule has 28 heavy (non-hydrogen) atoms. The van der Waals surface area contributed by atoms with E-state index in [1.54, 1.807) is 0 Å². The summed E-state index contributed by atoms with van der Waals surface area (Å²) in [5.74, 6) is -0.433. The standard InChI is InChI=1S/C22H26N2O4/c1-4-13-12-24-10-9-20-14-7-5-6-8-16(14)23(2)22(20,24)17-11-15(13)21(20,18(25)27-3)19(26)28-17/h4-8,15,17,19,26H,9-12H2,1-3H3/b13-4-/t15?,17-,19?,20-,21?,22?/m0/s1. The van der Waals surface area contributed by atoms with Crippen LogP contribution in [0.2, 0.25) is 0 Å². The number of esters is 1. The van der Waals surface area contributed by atoms with Crippen molar-refractivity contribution in [1.82, 2.24) is 4.90 Å². The van der Waals surface area contributed by atoms with Gasteiger partial charge in [-0.1, -0.05) is 29.8 Å². The van der Waals surface area contributed by atoms with Crippen LogP contribution in [-0.4, -0.2) is 61.3 Å². The second kappa shape index (κ2) is 4.99. The van der Waals surface area contributed by atoms with Gasteiger partial charge in [0.15, 0.2) is 6.29 Å². The summed E-state index contributed by atoms with van der Waals surface area (Å²) in [7, 11) is 3.56. The summed E-state index contributed by atoms with van der Waals surface area (Å²) >= 11 is 0. The minimum absolute atomic E-state index is 0.0864. The first-order valence-corrected chi connectivity index (χ1v) is 10.2. The minimum atomic E-state index is -1.18. The molecule has 1 N–H and O–H groups in total. The van der Waals surface area contributed by atoms with E-state index in [0.717, 1.165) is 37.2 Å². The van der Waals surface area contributed by atoms with Crippen LogP contribution in [-0.2, 0) is 19.7 Å². The van der Waals surface area contributed by atoms with Crippen LogP contribution in [0.3, 0.4) is 0 Å². The molecule has 6 bridgehead atoms. The second-order valence-electron chi connectivity index (χ2n) is 8.87. The lowest BCUT2D eigenvalue weighted by atomic mass is 9.43. The average molecular weight is 382 g/mol. The van der Waals surface area contributed by atoms with Crippen molar-refractivity contribution in [3.63, 3.8) is 0 Å². The normalized spacial score (nSPS) is 48.6. The molecule has 1 saturated carbocycles. The lowest BCUT2D eigenvalue weighted by Gasteiger charge is -2.67. The van der Waals surface area contributed by atoms with Crippen LogP contribution in [0.15, 0.2) is 35.9 Å². The van der Waals surface area contributed by atoms with Gasteiger partial charge >= 0.3 is 5.97 Å². The van der Waals surface area contributed by atoms with E-state index in [2.05, 4.69) is 35.1 Å². The van der Waals surface area contributed by atoms with Gasteiger partial charge in [-0.2, -0.15) is 0 Å². The Morgan fingerprint density at radius 3 is 2.93 bits per heavy atom. The molecule has 0 radical (unpaired) electrons. The van der Waals surface area contributed by atoms with Crippen molar-refractivity contribution in [1.29, 1.82) is 0 Å². The maximum Gasteiger partial charge on any atom is 0.318 e. The number of likely N-dealkylation sites (N-methyl/N-ethyl adjacent to an activating group) is 1. The van der Waals surface area contributed by atoms with Crippen LogP contribution in [0.1, 0.15) is 25.3 Å². The first-order valence-electron chi connectivity index (χ1n) is 10.2. The monoisotopic (exact) mass is 382 g/mol. The van der Waals surface area contributed by atoms with E-state index in [1.807, 2.05) is 19.1 Å². The van der Waals surface area contributed by atoms with Crippen molar-refractivity contribution in [3.05, 3.63) is 41.5 Å². The smallest absolute Gasteiger partial charge is 0.318 e. The summed E-state index contributed by atoms with van der Waals surface area (Å²) in [4.78, 5) is 18.5. The quantitative estimate of drug-likeness (QED) is 0.589. The van der Waals surface area contributed by atoms with Crippen LogP contribution in [0.5, 0.6) is 0 Å². The Morgan fingerprint density at radius 1 is 1.39 bits per heavy atom. The molecule has 7 atom stereocenters. The fourth-order valence-corrected chi connectivity index (χ4v) is 8.01. The van der Waals surface area contributed by atoms with E-state index < -0.39 is 22.8 Å². The number of anilines is 1. The first kappa shape index (κ1) is 17.0. The molecule has 6 heteroatoms. The van der Waals surface area contributed by atoms with Gasteiger partial charge in [0, 0.05) is 31.7 Å². The number of allylic oxidation sites excluding steroid dienone is 1. The number of carbonyl (C=O) groups is 1. The molecule has 6 nitrogen and oxygen atoms in total. The van der Waals surface area contributed by atoms with E-state index in [9.17, 15) is 9.90 Å². The largest absolute Gasteiger partial charge is 0.468 e. The fraction of sp³-hybridized carbons (Fsp3) is 0.591. The van der Waals surface area contributed by atoms with Crippen LogP contribution in [0.25, 0.3) is 0 Å². The van der Waals surface area contributed by atoms with Crippen LogP contribution >= 0.6 is 0 Å². The number of aliphatic hydroxyl groups excluding tert-OH is 1. The van der Waals surface area contributed by atoms with Gasteiger partial charge in [-0.15, -0.1) is 0 Å². The number of nitrogens with zero attached hydrogens (tertiary/aromatic N) is 2. The highest BCUT2D eigenvalue weighted by atomic mass is 16.6. The number of hydrogen-bond donors (Lipinski definition) is 1. The zero-order valence-corrected chi connectivity index (χ0v) is 16.5. The van der Waals surface area contributed by atoms with Gasteiger partial charge in [0.1, 0.15) is 11.1 Å². The highest BCUT2D eigenvalue weighted by Crippen LogP contribution is 2.77. The molecule has 6 fully saturated rings. The maximum absolute atomic E-state index is 13.7. The number of carbonyl (C=O) groups excluding carboxylic acids is 1. The van der Waals surface area contributed by atoms with E-state index >= 15 is 0 Å². The molecule has 0 aromatic heterocycles. The number of fused-ring (bicyclic) bond motifs is 3. The Hall–Kier alpha value is -1.89. The Labute approximate surface area is 164 Å². The molecule has 1 aromatic carbocycles. The highest BCUT2D eigenvalue weighted by Gasteiger charge is 2.89. The van der Waals surface area contributed by atoms with Crippen molar-refractivity contribution < 1.29 is 19.4 Å². The number of para-hydroxylation sites is 1. The van der Waals surface area contributed by atoms with Gasteiger partial charge in [-0.05, 0) is 31.4 Å². The average Bonchev–Trinajstić information content (AvgIpc) is 3.11. The molecule has 1 aromatic rings.